The molecule has 162 valence electrons. The minimum atomic E-state index is -0.880. The number of urea groups is 1. The molecule has 0 atom stereocenters. The molecule has 7 heteroatoms. The van der Waals surface area contributed by atoms with Crippen molar-refractivity contribution in [2.75, 3.05) is 13.6 Å². The van der Waals surface area contributed by atoms with Crippen LogP contribution in [0.5, 0.6) is 0 Å². The number of amides is 4. The number of hydrogen-bond donors (Lipinski definition) is 1. The quantitative estimate of drug-likeness (QED) is 0.633. The molecule has 0 radical (unpaired) electrons. The zero-order valence-corrected chi connectivity index (χ0v) is 18.3. The van der Waals surface area contributed by atoms with Crippen LogP contribution in [0.2, 0.25) is 0 Å². The van der Waals surface area contributed by atoms with E-state index in [1.54, 1.807) is 25.8 Å². The van der Waals surface area contributed by atoms with Crippen LogP contribution in [0.4, 0.5) is 4.79 Å². The predicted molar refractivity (Wildman–Crippen MR) is 115 cm³/mol. The van der Waals surface area contributed by atoms with Crippen LogP contribution in [0.25, 0.3) is 11.0 Å². The van der Waals surface area contributed by atoms with Gasteiger partial charge in [-0.25, -0.2) is 4.79 Å². The van der Waals surface area contributed by atoms with Gasteiger partial charge in [0.15, 0.2) is 0 Å². The van der Waals surface area contributed by atoms with Gasteiger partial charge in [-0.1, -0.05) is 31.5 Å². The lowest BCUT2D eigenvalue weighted by molar-refractivity contribution is -0.132. The number of nitrogens with zero attached hydrogens (tertiary/aromatic N) is 2. The maximum atomic E-state index is 12.7. The van der Waals surface area contributed by atoms with Crippen molar-refractivity contribution < 1.29 is 18.8 Å². The van der Waals surface area contributed by atoms with Gasteiger partial charge in [0.2, 0.25) is 5.91 Å². The van der Waals surface area contributed by atoms with Gasteiger partial charge in [-0.15, -0.1) is 0 Å². The lowest BCUT2D eigenvalue weighted by Gasteiger charge is -2.19. The van der Waals surface area contributed by atoms with Crippen LogP contribution in [-0.4, -0.2) is 46.8 Å². The van der Waals surface area contributed by atoms with Crippen molar-refractivity contribution in [2.24, 2.45) is 0 Å². The standard InChI is InChI=1S/C23H31N3O4/c1-5-6-11-19-17(16-10-7-8-12-18(16)30-19)15-25(4)20(27)13-9-14-26-21(28)23(2,3)24-22(26)29/h7-8,10,12H,5-6,9,11,13-15H2,1-4H3,(H,24,29). The summed E-state index contributed by atoms with van der Waals surface area (Å²) in [6.07, 6.45) is 3.67. The number of para-hydroxylation sites is 1. The van der Waals surface area contributed by atoms with E-state index in [0.29, 0.717) is 13.0 Å². The van der Waals surface area contributed by atoms with Crippen molar-refractivity contribution in [1.82, 2.24) is 15.1 Å². The van der Waals surface area contributed by atoms with Crippen LogP contribution < -0.4 is 5.32 Å². The summed E-state index contributed by atoms with van der Waals surface area (Å²) in [5.41, 5.74) is 1.03. The van der Waals surface area contributed by atoms with E-state index < -0.39 is 11.6 Å². The lowest BCUT2D eigenvalue weighted by atomic mass is 10.1. The molecule has 1 saturated heterocycles. The third-order valence-electron chi connectivity index (χ3n) is 5.58. The van der Waals surface area contributed by atoms with E-state index in [-0.39, 0.29) is 24.8 Å². The number of carbonyl (C=O) groups excluding carboxylic acids is 3. The minimum absolute atomic E-state index is 0.0203. The Morgan fingerprint density at radius 1 is 1.20 bits per heavy atom. The first-order chi connectivity index (χ1) is 14.2. The number of aryl methyl sites for hydroxylation is 1. The Balaban J connectivity index is 1.61. The second kappa shape index (κ2) is 8.90. The smallest absolute Gasteiger partial charge is 0.325 e. The molecule has 30 heavy (non-hydrogen) atoms. The number of imide groups is 1. The third-order valence-corrected chi connectivity index (χ3v) is 5.58. The molecule has 7 nitrogen and oxygen atoms in total. The Bertz CT molecular complexity index is 947. The van der Waals surface area contributed by atoms with Crippen LogP contribution in [0.1, 0.15) is 57.8 Å². The van der Waals surface area contributed by atoms with Gasteiger partial charge in [-0.2, -0.15) is 0 Å². The van der Waals surface area contributed by atoms with Gasteiger partial charge < -0.3 is 14.6 Å². The normalized spacial score (nSPS) is 15.7. The van der Waals surface area contributed by atoms with Crippen molar-refractivity contribution in [1.29, 1.82) is 0 Å². The Morgan fingerprint density at radius 2 is 1.93 bits per heavy atom. The van der Waals surface area contributed by atoms with E-state index in [4.69, 9.17) is 4.42 Å². The number of hydrogen-bond acceptors (Lipinski definition) is 4. The van der Waals surface area contributed by atoms with Crippen LogP contribution in [0, 0.1) is 0 Å². The van der Waals surface area contributed by atoms with Crippen LogP contribution in [0.3, 0.4) is 0 Å². The van der Waals surface area contributed by atoms with E-state index in [1.807, 2.05) is 24.3 Å². The van der Waals surface area contributed by atoms with Gasteiger partial charge in [-0.3, -0.25) is 14.5 Å². The summed E-state index contributed by atoms with van der Waals surface area (Å²) in [5, 5.41) is 3.70. The fraction of sp³-hybridized carbons (Fsp3) is 0.522. The summed E-state index contributed by atoms with van der Waals surface area (Å²) in [7, 11) is 1.78. The number of furan rings is 1. The highest BCUT2D eigenvalue weighted by molar-refractivity contribution is 6.06. The summed E-state index contributed by atoms with van der Waals surface area (Å²) < 4.78 is 6.05. The summed E-state index contributed by atoms with van der Waals surface area (Å²) in [5.74, 6) is 0.672. The van der Waals surface area contributed by atoms with Gasteiger partial charge in [0.25, 0.3) is 5.91 Å². The summed E-state index contributed by atoms with van der Waals surface area (Å²) in [4.78, 5) is 39.8. The number of benzene rings is 1. The molecule has 1 aromatic heterocycles. The summed E-state index contributed by atoms with van der Waals surface area (Å²) in [6.45, 7) is 6.22. The molecule has 0 unspecified atom stereocenters. The van der Waals surface area contributed by atoms with Gasteiger partial charge in [0.1, 0.15) is 16.9 Å². The largest absolute Gasteiger partial charge is 0.461 e. The summed E-state index contributed by atoms with van der Waals surface area (Å²) in [6, 6.07) is 7.52. The van der Waals surface area contributed by atoms with Gasteiger partial charge in [0.05, 0.1) is 0 Å². The molecular weight excluding hydrogens is 382 g/mol. The number of carbonyl (C=O) groups is 3. The molecular formula is C23H31N3O4. The Morgan fingerprint density at radius 3 is 2.60 bits per heavy atom. The molecule has 2 heterocycles. The molecule has 3 rings (SSSR count). The predicted octanol–water partition coefficient (Wildman–Crippen LogP) is 3.84. The molecule has 1 fully saturated rings. The summed E-state index contributed by atoms with van der Waals surface area (Å²) >= 11 is 0. The molecule has 1 aliphatic rings. The number of nitrogens with one attached hydrogen (secondary N) is 1. The molecule has 1 aromatic carbocycles. The monoisotopic (exact) mass is 413 g/mol. The fourth-order valence-electron chi connectivity index (χ4n) is 3.79. The van der Waals surface area contributed by atoms with Crippen molar-refractivity contribution >= 4 is 28.8 Å². The zero-order valence-electron chi connectivity index (χ0n) is 18.3. The zero-order chi connectivity index (χ0) is 21.9. The topological polar surface area (TPSA) is 82.9 Å². The molecule has 2 aromatic rings. The van der Waals surface area contributed by atoms with Crippen LogP contribution in [0.15, 0.2) is 28.7 Å². The highest BCUT2D eigenvalue weighted by atomic mass is 16.3. The van der Waals surface area contributed by atoms with Crippen molar-refractivity contribution in [3.63, 3.8) is 0 Å². The van der Waals surface area contributed by atoms with Crippen molar-refractivity contribution in [3.05, 3.63) is 35.6 Å². The molecule has 0 aliphatic carbocycles. The Kier molecular flexibility index (Phi) is 6.48. The van der Waals surface area contributed by atoms with Gasteiger partial charge in [0, 0.05) is 43.9 Å². The van der Waals surface area contributed by atoms with E-state index in [1.165, 1.54) is 4.90 Å². The highest BCUT2D eigenvalue weighted by Crippen LogP contribution is 2.28. The lowest BCUT2D eigenvalue weighted by Crippen LogP contribution is -2.40. The first kappa shape index (κ1) is 21.9. The van der Waals surface area contributed by atoms with E-state index in [0.717, 1.165) is 41.6 Å². The Hall–Kier alpha value is -2.83. The van der Waals surface area contributed by atoms with E-state index in [9.17, 15) is 14.4 Å². The molecule has 4 amide bonds. The second-order valence-corrected chi connectivity index (χ2v) is 8.47. The first-order valence-electron chi connectivity index (χ1n) is 10.6. The maximum Gasteiger partial charge on any atom is 0.325 e. The van der Waals surface area contributed by atoms with Gasteiger partial charge in [-0.05, 0) is 32.8 Å². The highest BCUT2D eigenvalue weighted by Gasteiger charge is 2.43. The van der Waals surface area contributed by atoms with E-state index >= 15 is 0 Å². The SMILES string of the molecule is CCCCc1oc2ccccc2c1CN(C)C(=O)CCCN1C(=O)NC(C)(C)C1=O. The maximum absolute atomic E-state index is 12.7. The Labute approximate surface area is 177 Å². The van der Waals surface area contributed by atoms with Crippen LogP contribution >= 0.6 is 0 Å². The number of unbranched alkanes of at least 4 members (excludes halogenated alkanes) is 1. The van der Waals surface area contributed by atoms with Crippen molar-refractivity contribution in [2.45, 2.75) is 65.0 Å². The van der Waals surface area contributed by atoms with Gasteiger partial charge >= 0.3 is 6.03 Å². The number of fused-ring (bicyclic) bond motifs is 1. The molecule has 0 saturated carbocycles. The average molecular weight is 414 g/mol. The minimum Gasteiger partial charge on any atom is -0.461 e. The third kappa shape index (κ3) is 4.50. The molecule has 0 bridgehead atoms. The fourth-order valence-corrected chi connectivity index (χ4v) is 3.79. The molecule has 1 N–H and O–H groups in total. The molecule has 1 aliphatic heterocycles. The number of rotatable bonds is 9. The molecule has 0 spiro atoms. The average Bonchev–Trinajstić information content (AvgIpc) is 3.14. The first-order valence-corrected chi connectivity index (χ1v) is 10.6. The van der Waals surface area contributed by atoms with Crippen molar-refractivity contribution in [3.8, 4) is 0 Å². The second-order valence-electron chi connectivity index (χ2n) is 8.47. The van der Waals surface area contributed by atoms with Crippen LogP contribution in [-0.2, 0) is 22.6 Å². The van der Waals surface area contributed by atoms with E-state index in [2.05, 4.69) is 12.2 Å².